The molecule has 0 unspecified atom stereocenters. The van der Waals surface area contributed by atoms with Gasteiger partial charge in [0.05, 0.1) is 7.11 Å². The first-order valence-corrected chi connectivity index (χ1v) is 9.25. The van der Waals surface area contributed by atoms with Gasteiger partial charge >= 0.3 is 12.6 Å². The van der Waals surface area contributed by atoms with Crippen molar-refractivity contribution in [2.45, 2.75) is 20.5 Å². The first-order chi connectivity index (χ1) is 14.8. The fourth-order valence-corrected chi connectivity index (χ4v) is 3.21. The molecule has 2 heterocycles. The molecule has 162 valence electrons. The molecule has 0 amide bonds. The lowest BCUT2D eigenvalue weighted by Gasteiger charge is -2.11. The lowest BCUT2D eigenvalue weighted by Crippen LogP contribution is -2.16. The standard InChI is InChI=1S/C22H20F2N2O5/c1-13-11-18(14(2)26(13)15-6-8-16(9-7-15)31-22(23)24)19(27)12-30-21(28)17-5-4-10-25-20(17)29-3/h4-11,22H,12H2,1-3H3. The van der Waals surface area contributed by atoms with Gasteiger partial charge in [0.15, 0.2) is 6.61 Å². The molecule has 0 aliphatic heterocycles. The van der Waals surface area contributed by atoms with Crippen molar-refractivity contribution in [2.24, 2.45) is 0 Å². The van der Waals surface area contributed by atoms with Crippen LogP contribution < -0.4 is 9.47 Å². The lowest BCUT2D eigenvalue weighted by molar-refractivity contribution is -0.0498. The number of benzene rings is 1. The number of rotatable bonds is 8. The Morgan fingerprint density at radius 3 is 2.45 bits per heavy atom. The minimum absolute atomic E-state index is 0.0373. The number of pyridine rings is 1. The molecule has 0 saturated carbocycles. The van der Waals surface area contributed by atoms with Crippen molar-refractivity contribution in [2.75, 3.05) is 13.7 Å². The highest BCUT2D eigenvalue weighted by atomic mass is 19.3. The molecular formula is C22H20F2N2O5. The summed E-state index contributed by atoms with van der Waals surface area (Å²) in [6.45, 7) is 0.192. The van der Waals surface area contributed by atoms with Gasteiger partial charge in [-0.25, -0.2) is 9.78 Å². The zero-order valence-corrected chi connectivity index (χ0v) is 17.1. The first-order valence-electron chi connectivity index (χ1n) is 9.25. The van der Waals surface area contributed by atoms with Gasteiger partial charge < -0.3 is 18.8 Å². The quantitative estimate of drug-likeness (QED) is 0.395. The molecule has 7 nitrogen and oxygen atoms in total. The van der Waals surface area contributed by atoms with E-state index in [0.29, 0.717) is 16.9 Å². The number of methoxy groups -OCH3 is 1. The number of halogens is 2. The molecule has 9 heteroatoms. The first kappa shape index (κ1) is 21.9. The smallest absolute Gasteiger partial charge is 0.387 e. The summed E-state index contributed by atoms with van der Waals surface area (Å²) in [5, 5.41) is 0. The van der Waals surface area contributed by atoms with Gasteiger partial charge in [0.25, 0.3) is 0 Å². The van der Waals surface area contributed by atoms with Crippen LogP contribution in [0.1, 0.15) is 32.1 Å². The Morgan fingerprint density at radius 1 is 1.10 bits per heavy atom. The number of carbonyl (C=O) groups is 2. The predicted molar refractivity (Wildman–Crippen MR) is 107 cm³/mol. The molecule has 0 bridgehead atoms. The second-order valence-corrected chi connectivity index (χ2v) is 6.55. The molecule has 3 aromatic rings. The average molecular weight is 430 g/mol. The Balaban J connectivity index is 1.75. The summed E-state index contributed by atoms with van der Waals surface area (Å²) in [4.78, 5) is 28.9. The zero-order valence-electron chi connectivity index (χ0n) is 17.1. The molecule has 0 saturated heterocycles. The number of carbonyl (C=O) groups excluding carboxylic acids is 2. The Labute approximate surface area is 177 Å². The minimum Gasteiger partial charge on any atom is -0.480 e. The minimum atomic E-state index is -2.90. The molecule has 3 rings (SSSR count). The average Bonchev–Trinajstić information content (AvgIpc) is 3.06. The predicted octanol–water partition coefficient (Wildman–Crippen LogP) is 4.14. The van der Waals surface area contributed by atoms with Crippen molar-refractivity contribution in [1.82, 2.24) is 9.55 Å². The topological polar surface area (TPSA) is 79.7 Å². The van der Waals surface area contributed by atoms with Gasteiger partial charge in [-0.3, -0.25) is 4.79 Å². The second kappa shape index (κ2) is 9.38. The molecule has 1 aromatic carbocycles. The van der Waals surface area contributed by atoms with Crippen LogP contribution in [0.25, 0.3) is 5.69 Å². The van der Waals surface area contributed by atoms with E-state index in [1.165, 1.54) is 31.5 Å². The van der Waals surface area contributed by atoms with Crippen LogP contribution in [0.4, 0.5) is 8.78 Å². The van der Waals surface area contributed by atoms with E-state index >= 15 is 0 Å². The van der Waals surface area contributed by atoms with Crippen LogP contribution in [-0.2, 0) is 4.74 Å². The van der Waals surface area contributed by atoms with E-state index in [0.717, 1.165) is 5.69 Å². The number of ketones is 1. The van der Waals surface area contributed by atoms with Crippen LogP contribution in [0.2, 0.25) is 0 Å². The summed E-state index contributed by atoms with van der Waals surface area (Å²) >= 11 is 0. The maximum Gasteiger partial charge on any atom is 0.387 e. The molecule has 31 heavy (non-hydrogen) atoms. The molecule has 2 aromatic heterocycles. The maximum atomic E-state index is 12.7. The Kier molecular flexibility index (Phi) is 6.64. The normalized spacial score (nSPS) is 10.8. The Morgan fingerprint density at radius 2 is 1.81 bits per heavy atom. The monoisotopic (exact) mass is 430 g/mol. The van der Waals surface area contributed by atoms with E-state index in [1.807, 2.05) is 0 Å². The lowest BCUT2D eigenvalue weighted by atomic mass is 10.1. The van der Waals surface area contributed by atoms with Gasteiger partial charge in [-0.2, -0.15) is 8.78 Å². The number of esters is 1. The number of ether oxygens (including phenoxy) is 3. The van der Waals surface area contributed by atoms with Crippen LogP contribution in [0.3, 0.4) is 0 Å². The third-order valence-corrected chi connectivity index (χ3v) is 4.57. The number of nitrogens with zero attached hydrogens (tertiary/aromatic N) is 2. The Hall–Kier alpha value is -3.75. The fraction of sp³-hybridized carbons (Fsp3) is 0.227. The van der Waals surface area contributed by atoms with Gasteiger partial charge in [-0.05, 0) is 56.3 Å². The summed E-state index contributed by atoms with van der Waals surface area (Å²) in [5.74, 6) is -0.956. The summed E-state index contributed by atoms with van der Waals surface area (Å²) in [5.41, 5.74) is 2.56. The highest BCUT2D eigenvalue weighted by molar-refractivity contribution is 6.01. The molecule has 0 atom stereocenters. The molecule has 0 aliphatic carbocycles. The summed E-state index contributed by atoms with van der Waals surface area (Å²) in [6.07, 6.45) is 1.47. The number of alkyl halides is 2. The van der Waals surface area contributed by atoms with Gasteiger partial charge in [-0.1, -0.05) is 0 Å². The zero-order chi connectivity index (χ0) is 22.5. The summed E-state index contributed by atoms with van der Waals surface area (Å²) < 4.78 is 41.0. The van der Waals surface area contributed by atoms with Gasteiger partial charge in [0.1, 0.15) is 11.3 Å². The van der Waals surface area contributed by atoms with E-state index in [2.05, 4.69) is 9.72 Å². The van der Waals surface area contributed by atoms with E-state index in [9.17, 15) is 18.4 Å². The number of aryl methyl sites for hydroxylation is 1. The SMILES string of the molecule is COc1ncccc1C(=O)OCC(=O)c1cc(C)n(-c2ccc(OC(F)F)cc2)c1C. The van der Waals surface area contributed by atoms with Crippen molar-refractivity contribution in [3.8, 4) is 17.3 Å². The van der Waals surface area contributed by atoms with Gasteiger partial charge in [0, 0.05) is 28.8 Å². The summed E-state index contributed by atoms with van der Waals surface area (Å²) in [6, 6.07) is 10.8. The number of hydrogen-bond acceptors (Lipinski definition) is 6. The van der Waals surface area contributed by atoms with Crippen LogP contribution in [0.15, 0.2) is 48.7 Å². The molecule has 0 N–H and O–H groups in total. The van der Waals surface area contributed by atoms with Crippen molar-refractivity contribution < 1.29 is 32.6 Å². The third kappa shape index (κ3) is 4.88. The number of hydrogen-bond donors (Lipinski definition) is 0. The van der Waals surface area contributed by atoms with Crippen LogP contribution in [0, 0.1) is 13.8 Å². The summed E-state index contributed by atoms with van der Waals surface area (Å²) in [7, 11) is 1.38. The second-order valence-electron chi connectivity index (χ2n) is 6.55. The molecule has 0 aliphatic rings. The number of Topliss-reactive ketones (excluding diaryl/α,β-unsaturated/α-hetero) is 1. The molecule has 0 spiro atoms. The van der Waals surface area contributed by atoms with Crippen molar-refractivity contribution in [1.29, 1.82) is 0 Å². The van der Waals surface area contributed by atoms with Crippen molar-refractivity contribution in [3.05, 3.63) is 71.2 Å². The van der Waals surface area contributed by atoms with Crippen molar-refractivity contribution >= 4 is 11.8 Å². The van der Waals surface area contributed by atoms with E-state index < -0.39 is 19.2 Å². The highest BCUT2D eigenvalue weighted by Crippen LogP contribution is 2.24. The molecule has 0 radical (unpaired) electrons. The van der Waals surface area contributed by atoms with E-state index in [1.54, 1.807) is 42.7 Å². The van der Waals surface area contributed by atoms with E-state index in [-0.39, 0.29) is 23.0 Å². The van der Waals surface area contributed by atoms with Crippen LogP contribution in [-0.4, -0.2) is 41.6 Å². The maximum absolute atomic E-state index is 12.7. The van der Waals surface area contributed by atoms with Crippen LogP contribution in [0.5, 0.6) is 11.6 Å². The number of aromatic nitrogens is 2. The third-order valence-electron chi connectivity index (χ3n) is 4.57. The molecular weight excluding hydrogens is 410 g/mol. The Bertz CT molecular complexity index is 1090. The highest BCUT2D eigenvalue weighted by Gasteiger charge is 2.20. The van der Waals surface area contributed by atoms with Crippen molar-refractivity contribution in [3.63, 3.8) is 0 Å². The van der Waals surface area contributed by atoms with Gasteiger partial charge in [-0.15, -0.1) is 0 Å². The molecule has 0 fully saturated rings. The fourth-order valence-electron chi connectivity index (χ4n) is 3.21. The van der Waals surface area contributed by atoms with E-state index in [4.69, 9.17) is 9.47 Å². The largest absolute Gasteiger partial charge is 0.480 e. The van der Waals surface area contributed by atoms with Crippen LogP contribution >= 0.6 is 0 Å². The van der Waals surface area contributed by atoms with Gasteiger partial charge in [0.2, 0.25) is 11.7 Å².